The quantitative estimate of drug-likeness (QED) is 0.498. The van der Waals surface area contributed by atoms with Crippen LogP contribution in [0.25, 0.3) is 0 Å². The molecule has 1 atom stereocenters. The zero-order chi connectivity index (χ0) is 9.84. The third-order valence-electron chi connectivity index (χ3n) is 1.90. The van der Waals surface area contributed by atoms with Gasteiger partial charge in [-0.25, -0.2) is 0 Å². The van der Waals surface area contributed by atoms with E-state index in [1.165, 1.54) is 0 Å². The van der Waals surface area contributed by atoms with E-state index in [-0.39, 0.29) is 12.0 Å². The van der Waals surface area contributed by atoms with Crippen molar-refractivity contribution in [2.45, 2.75) is 33.0 Å². The molecule has 5 nitrogen and oxygen atoms in total. The maximum absolute atomic E-state index is 10.5. The largest absolute Gasteiger partial charge is 0.463 e. The average Bonchev–Trinajstić information content (AvgIpc) is 2.04. The molecule has 5 heteroatoms. The normalized spacial score (nSPS) is 22.8. The molecule has 1 rings (SSSR count). The Hall–Kier alpha value is -1.10. The minimum absolute atomic E-state index is 0.163. The Balaban J connectivity index is 2.61. The molecule has 0 fully saturated rings. The first-order chi connectivity index (χ1) is 6.15. The van der Waals surface area contributed by atoms with E-state index >= 15 is 0 Å². The summed E-state index contributed by atoms with van der Waals surface area (Å²) in [6.07, 6.45) is 0.666. The van der Waals surface area contributed by atoms with E-state index in [9.17, 15) is 10.1 Å². The highest BCUT2D eigenvalue weighted by atomic mass is 16.7. The first-order valence-electron chi connectivity index (χ1n) is 4.27. The minimum atomic E-state index is -0.391. The summed E-state index contributed by atoms with van der Waals surface area (Å²) in [7, 11) is 0. The lowest BCUT2D eigenvalue weighted by Crippen LogP contribution is -2.23. The van der Waals surface area contributed by atoms with Crippen LogP contribution >= 0.6 is 0 Å². The number of allylic oxidation sites excluding steroid dienone is 2. The van der Waals surface area contributed by atoms with Crippen LogP contribution in [0.3, 0.4) is 0 Å². The van der Waals surface area contributed by atoms with Crippen molar-refractivity contribution in [3.63, 3.8) is 0 Å². The predicted octanol–water partition coefficient (Wildman–Crippen LogP) is 1.67. The number of nitrogens with zero attached hydrogens (tertiary/aromatic N) is 1. The van der Waals surface area contributed by atoms with Crippen molar-refractivity contribution in [1.29, 1.82) is 0 Å². The van der Waals surface area contributed by atoms with Crippen LogP contribution in [0.4, 0.5) is 0 Å². The molecule has 1 aliphatic rings. The van der Waals surface area contributed by atoms with Gasteiger partial charge in [0.1, 0.15) is 0 Å². The van der Waals surface area contributed by atoms with Gasteiger partial charge in [0, 0.05) is 26.4 Å². The van der Waals surface area contributed by atoms with Crippen molar-refractivity contribution in [2.24, 2.45) is 0 Å². The Bertz CT molecular complexity index is 236. The lowest BCUT2D eigenvalue weighted by atomic mass is 10.2. The maximum atomic E-state index is 10.5. The van der Waals surface area contributed by atoms with Gasteiger partial charge >= 0.3 is 0 Å². The second-order valence-electron chi connectivity index (χ2n) is 2.80. The highest BCUT2D eigenvalue weighted by Gasteiger charge is 2.26. The minimum Gasteiger partial charge on any atom is -0.463 e. The second-order valence-corrected chi connectivity index (χ2v) is 2.80. The van der Waals surface area contributed by atoms with Gasteiger partial charge in [-0.3, -0.25) is 10.1 Å². The fourth-order valence-electron chi connectivity index (χ4n) is 1.28. The van der Waals surface area contributed by atoms with Crippen molar-refractivity contribution in [3.05, 3.63) is 21.6 Å². The van der Waals surface area contributed by atoms with Crippen molar-refractivity contribution >= 4 is 0 Å². The molecule has 0 radical (unpaired) electrons. The Kier molecular flexibility index (Phi) is 3.25. The van der Waals surface area contributed by atoms with Crippen LogP contribution in [0.5, 0.6) is 0 Å². The molecule has 0 saturated carbocycles. The summed E-state index contributed by atoms with van der Waals surface area (Å²) in [6, 6.07) is 0. The molecule has 1 aliphatic heterocycles. The van der Waals surface area contributed by atoms with Crippen LogP contribution in [0.2, 0.25) is 0 Å². The molecule has 0 aliphatic carbocycles. The highest BCUT2D eigenvalue weighted by Crippen LogP contribution is 2.24. The molecule has 0 bridgehead atoms. The monoisotopic (exact) mass is 187 g/mol. The summed E-state index contributed by atoms with van der Waals surface area (Å²) in [5.74, 6) is 0.370. The number of ether oxygens (including phenoxy) is 2. The molecule has 1 heterocycles. The Labute approximate surface area is 76.5 Å². The first-order valence-corrected chi connectivity index (χ1v) is 4.27. The van der Waals surface area contributed by atoms with Gasteiger partial charge in [-0.05, 0) is 6.92 Å². The molecule has 0 aromatic rings. The van der Waals surface area contributed by atoms with E-state index < -0.39 is 4.92 Å². The smallest absolute Gasteiger partial charge is 0.283 e. The second kappa shape index (κ2) is 4.23. The summed E-state index contributed by atoms with van der Waals surface area (Å²) in [5.41, 5.74) is 0.163. The number of hydrogen-bond donors (Lipinski definition) is 0. The van der Waals surface area contributed by atoms with Crippen LogP contribution in [0, 0.1) is 10.1 Å². The van der Waals surface area contributed by atoms with E-state index in [1.807, 2.05) is 6.92 Å². The van der Waals surface area contributed by atoms with E-state index in [4.69, 9.17) is 9.47 Å². The van der Waals surface area contributed by atoms with Gasteiger partial charge in [0.25, 0.3) is 5.70 Å². The van der Waals surface area contributed by atoms with Gasteiger partial charge < -0.3 is 9.47 Å². The zero-order valence-corrected chi connectivity index (χ0v) is 7.78. The predicted molar refractivity (Wildman–Crippen MR) is 45.4 cm³/mol. The zero-order valence-electron chi connectivity index (χ0n) is 7.78. The molecule has 0 aromatic heterocycles. The third-order valence-corrected chi connectivity index (χ3v) is 1.90. The van der Waals surface area contributed by atoms with Gasteiger partial charge in [0.2, 0.25) is 0 Å². The lowest BCUT2D eigenvalue weighted by molar-refractivity contribution is -0.435. The van der Waals surface area contributed by atoms with Gasteiger partial charge in [0.15, 0.2) is 12.0 Å². The van der Waals surface area contributed by atoms with E-state index in [2.05, 4.69) is 0 Å². The summed E-state index contributed by atoms with van der Waals surface area (Å²) >= 11 is 0. The summed E-state index contributed by atoms with van der Waals surface area (Å²) in [5, 5.41) is 10.5. The van der Waals surface area contributed by atoms with Gasteiger partial charge in [-0.1, -0.05) is 0 Å². The molecule has 0 spiro atoms. The maximum Gasteiger partial charge on any atom is 0.283 e. The first kappa shape index (κ1) is 9.98. The Morgan fingerprint density at radius 2 is 2.46 bits per heavy atom. The van der Waals surface area contributed by atoms with E-state index in [1.54, 1.807) is 6.92 Å². The molecular weight excluding hydrogens is 174 g/mol. The molecule has 0 N–H and O–H groups in total. The van der Waals surface area contributed by atoms with Crippen molar-refractivity contribution in [1.82, 2.24) is 0 Å². The number of hydrogen-bond acceptors (Lipinski definition) is 4. The SMILES string of the molecule is CCOC1CCC([N+](=O)[O-])=C(C)O1. The molecule has 0 saturated heterocycles. The topological polar surface area (TPSA) is 61.6 Å². The van der Waals surface area contributed by atoms with Gasteiger partial charge in [-0.2, -0.15) is 0 Å². The summed E-state index contributed by atoms with van der Waals surface area (Å²) in [6.45, 7) is 4.03. The van der Waals surface area contributed by atoms with E-state index in [0.717, 1.165) is 0 Å². The summed E-state index contributed by atoms with van der Waals surface area (Å²) in [4.78, 5) is 10.1. The number of nitro groups is 1. The van der Waals surface area contributed by atoms with Crippen LogP contribution in [0.1, 0.15) is 26.7 Å². The Morgan fingerprint density at radius 3 is 2.92 bits per heavy atom. The van der Waals surface area contributed by atoms with Crippen LogP contribution in [-0.2, 0) is 9.47 Å². The molecule has 74 valence electrons. The third kappa shape index (κ3) is 2.42. The fourth-order valence-corrected chi connectivity index (χ4v) is 1.28. The van der Waals surface area contributed by atoms with Crippen LogP contribution < -0.4 is 0 Å². The van der Waals surface area contributed by atoms with Crippen molar-refractivity contribution < 1.29 is 14.4 Å². The standard InChI is InChI=1S/C8H13NO4/c1-3-12-8-5-4-7(9(10)11)6(2)13-8/h8H,3-5H2,1-2H3. The molecule has 1 unspecified atom stereocenters. The molecule has 13 heavy (non-hydrogen) atoms. The van der Waals surface area contributed by atoms with Crippen LogP contribution in [0.15, 0.2) is 11.5 Å². The highest BCUT2D eigenvalue weighted by molar-refractivity contribution is 5.00. The van der Waals surface area contributed by atoms with E-state index in [0.29, 0.717) is 25.2 Å². The fraction of sp³-hybridized carbons (Fsp3) is 0.750. The average molecular weight is 187 g/mol. The van der Waals surface area contributed by atoms with Crippen molar-refractivity contribution in [2.75, 3.05) is 6.61 Å². The molecule has 0 aromatic carbocycles. The van der Waals surface area contributed by atoms with Crippen LogP contribution in [-0.4, -0.2) is 17.8 Å². The van der Waals surface area contributed by atoms with Gasteiger partial charge in [-0.15, -0.1) is 0 Å². The Morgan fingerprint density at radius 1 is 1.77 bits per heavy atom. The van der Waals surface area contributed by atoms with Crippen molar-refractivity contribution in [3.8, 4) is 0 Å². The lowest BCUT2D eigenvalue weighted by Gasteiger charge is -2.22. The van der Waals surface area contributed by atoms with Gasteiger partial charge in [0.05, 0.1) is 4.92 Å². The summed E-state index contributed by atoms with van der Waals surface area (Å²) < 4.78 is 10.4. The molecular formula is C8H13NO4. The molecule has 0 amide bonds. The number of rotatable bonds is 3.